The first-order valence-electron chi connectivity index (χ1n) is 3.37. The summed E-state index contributed by atoms with van der Waals surface area (Å²) in [7, 11) is 1.82. The summed E-state index contributed by atoms with van der Waals surface area (Å²) in [5.74, 6) is -0.424. The van der Waals surface area contributed by atoms with Gasteiger partial charge in [0.1, 0.15) is 5.66 Å². The van der Waals surface area contributed by atoms with Crippen LogP contribution in [0.3, 0.4) is 0 Å². The smallest absolute Gasteiger partial charge is 0.252 e. The molecule has 0 aromatic heterocycles. The van der Waals surface area contributed by atoms with Gasteiger partial charge >= 0.3 is 0 Å². The van der Waals surface area contributed by atoms with Gasteiger partial charge < -0.3 is 11.5 Å². The highest BCUT2D eigenvalue weighted by atomic mass is 16.2. The Labute approximate surface area is 60.2 Å². The van der Waals surface area contributed by atoms with Crippen LogP contribution >= 0.6 is 0 Å². The van der Waals surface area contributed by atoms with Gasteiger partial charge in [-0.2, -0.15) is 0 Å². The normalized spacial score (nSPS) is 34.6. The Balaban J connectivity index is 2.75. The molecule has 1 amide bonds. The molecule has 1 fully saturated rings. The number of likely N-dealkylation sites (tertiary alicyclic amines) is 1. The molecule has 1 aliphatic rings. The number of hydrogen-bond acceptors (Lipinski definition) is 3. The summed E-state index contributed by atoms with van der Waals surface area (Å²) in [6.07, 6.45) is 1.63. The van der Waals surface area contributed by atoms with E-state index in [1.54, 1.807) is 4.90 Å². The third-order valence-electron chi connectivity index (χ3n) is 2.16. The second kappa shape index (κ2) is 2.21. The third-order valence-corrected chi connectivity index (χ3v) is 2.16. The highest BCUT2D eigenvalue weighted by Gasteiger charge is 2.39. The van der Waals surface area contributed by atoms with Crippen molar-refractivity contribution in [2.75, 3.05) is 13.6 Å². The van der Waals surface area contributed by atoms with E-state index < -0.39 is 11.6 Å². The van der Waals surface area contributed by atoms with Crippen molar-refractivity contribution in [3.05, 3.63) is 0 Å². The summed E-state index contributed by atoms with van der Waals surface area (Å²) in [5, 5.41) is 0. The molecule has 4 nitrogen and oxygen atoms in total. The van der Waals surface area contributed by atoms with Gasteiger partial charge in [0.2, 0.25) is 0 Å². The minimum Gasteiger partial charge on any atom is -0.367 e. The van der Waals surface area contributed by atoms with Crippen LogP contribution in [0, 0.1) is 0 Å². The van der Waals surface area contributed by atoms with Crippen LogP contribution < -0.4 is 11.5 Å². The predicted molar refractivity (Wildman–Crippen MR) is 38.0 cm³/mol. The Morgan fingerprint density at radius 2 is 2.30 bits per heavy atom. The summed E-state index contributed by atoms with van der Waals surface area (Å²) in [5.41, 5.74) is 9.94. The van der Waals surface area contributed by atoms with Crippen molar-refractivity contribution in [3.8, 4) is 0 Å². The zero-order chi connectivity index (χ0) is 7.78. The standard InChI is InChI=1S/C6H13N3O/c1-9-4-2-3-6(9,8)5(7)10/h2-4,8H2,1H3,(H2,7,10). The number of hydrogen-bond donors (Lipinski definition) is 2. The third kappa shape index (κ3) is 0.892. The van der Waals surface area contributed by atoms with E-state index in [0.29, 0.717) is 6.42 Å². The van der Waals surface area contributed by atoms with Gasteiger partial charge in [-0.1, -0.05) is 0 Å². The van der Waals surface area contributed by atoms with E-state index >= 15 is 0 Å². The van der Waals surface area contributed by atoms with Crippen molar-refractivity contribution in [3.63, 3.8) is 0 Å². The van der Waals surface area contributed by atoms with Gasteiger partial charge in [-0.25, -0.2) is 0 Å². The van der Waals surface area contributed by atoms with Crippen molar-refractivity contribution >= 4 is 5.91 Å². The second-order valence-electron chi connectivity index (χ2n) is 2.81. The maximum Gasteiger partial charge on any atom is 0.252 e. The van der Waals surface area contributed by atoms with E-state index in [0.717, 1.165) is 13.0 Å². The fourth-order valence-corrected chi connectivity index (χ4v) is 1.29. The minimum absolute atomic E-state index is 0.424. The van der Waals surface area contributed by atoms with Gasteiger partial charge in [0.25, 0.3) is 5.91 Å². The Morgan fingerprint density at radius 3 is 2.50 bits per heavy atom. The van der Waals surface area contributed by atoms with Gasteiger partial charge in [0.15, 0.2) is 0 Å². The molecule has 10 heavy (non-hydrogen) atoms. The summed E-state index contributed by atoms with van der Waals surface area (Å²) in [6, 6.07) is 0. The Kier molecular flexibility index (Phi) is 1.66. The fraction of sp³-hybridized carbons (Fsp3) is 0.833. The first kappa shape index (κ1) is 7.50. The number of carbonyl (C=O) groups is 1. The molecule has 4 N–H and O–H groups in total. The van der Waals surface area contributed by atoms with Gasteiger partial charge in [-0.05, 0) is 19.9 Å². The monoisotopic (exact) mass is 143 g/mol. The maximum absolute atomic E-state index is 10.8. The molecule has 58 valence electrons. The molecule has 0 aromatic carbocycles. The van der Waals surface area contributed by atoms with E-state index in [4.69, 9.17) is 11.5 Å². The van der Waals surface area contributed by atoms with Gasteiger partial charge in [-0.3, -0.25) is 9.69 Å². The Morgan fingerprint density at radius 1 is 1.70 bits per heavy atom. The van der Waals surface area contributed by atoms with Crippen molar-refractivity contribution in [1.29, 1.82) is 0 Å². The molecule has 0 saturated carbocycles. The molecule has 1 heterocycles. The molecule has 1 unspecified atom stereocenters. The number of nitrogens with two attached hydrogens (primary N) is 2. The summed E-state index contributed by atoms with van der Waals surface area (Å²) >= 11 is 0. The van der Waals surface area contributed by atoms with E-state index in [9.17, 15) is 4.79 Å². The molecule has 0 bridgehead atoms. The number of nitrogens with zero attached hydrogens (tertiary/aromatic N) is 1. The van der Waals surface area contributed by atoms with E-state index in [1.807, 2.05) is 7.05 Å². The van der Waals surface area contributed by atoms with Crippen molar-refractivity contribution in [2.24, 2.45) is 11.5 Å². The average Bonchev–Trinajstić information content (AvgIpc) is 2.15. The zero-order valence-electron chi connectivity index (χ0n) is 6.13. The first-order chi connectivity index (χ1) is 4.57. The summed E-state index contributed by atoms with van der Waals surface area (Å²) < 4.78 is 0. The number of primary amides is 1. The summed E-state index contributed by atoms with van der Waals surface area (Å²) in [4.78, 5) is 12.6. The number of amides is 1. The molecular weight excluding hydrogens is 130 g/mol. The SMILES string of the molecule is CN1CCCC1(N)C(N)=O. The van der Waals surface area contributed by atoms with Crippen LogP contribution in [0.5, 0.6) is 0 Å². The molecule has 0 spiro atoms. The Hall–Kier alpha value is -0.610. The molecule has 0 aromatic rings. The van der Waals surface area contributed by atoms with E-state index in [1.165, 1.54) is 0 Å². The molecule has 1 rings (SSSR count). The van der Waals surface area contributed by atoms with E-state index in [2.05, 4.69) is 0 Å². The Bertz CT molecular complexity index is 159. The molecule has 0 radical (unpaired) electrons. The largest absolute Gasteiger partial charge is 0.367 e. The van der Waals surface area contributed by atoms with Crippen molar-refractivity contribution in [1.82, 2.24) is 4.90 Å². The minimum atomic E-state index is -0.875. The van der Waals surface area contributed by atoms with Gasteiger partial charge in [0, 0.05) is 6.54 Å². The summed E-state index contributed by atoms with van der Waals surface area (Å²) in [6.45, 7) is 0.861. The predicted octanol–water partition coefficient (Wildman–Crippen LogP) is -1.15. The van der Waals surface area contributed by atoms with E-state index in [-0.39, 0.29) is 0 Å². The molecule has 4 heteroatoms. The highest BCUT2D eigenvalue weighted by Crippen LogP contribution is 2.21. The number of likely N-dealkylation sites (N-methyl/N-ethyl adjacent to an activating group) is 1. The van der Waals surface area contributed by atoms with Crippen LogP contribution in [0.25, 0.3) is 0 Å². The van der Waals surface area contributed by atoms with Crippen molar-refractivity contribution < 1.29 is 4.79 Å². The molecular formula is C6H13N3O. The fourth-order valence-electron chi connectivity index (χ4n) is 1.29. The lowest BCUT2D eigenvalue weighted by atomic mass is 10.1. The number of rotatable bonds is 1. The van der Waals surface area contributed by atoms with Crippen LogP contribution in [-0.4, -0.2) is 30.1 Å². The topological polar surface area (TPSA) is 72.3 Å². The number of carbonyl (C=O) groups excluding carboxylic acids is 1. The lowest BCUT2D eigenvalue weighted by Gasteiger charge is -2.27. The van der Waals surface area contributed by atoms with Crippen LogP contribution in [0.1, 0.15) is 12.8 Å². The van der Waals surface area contributed by atoms with Crippen LogP contribution in [-0.2, 0) is 4.79 Å². The van der Waals surface area contributed by atoms with Gasteiger partial charge in [0.05, 0.1) is 0 Å². The molecule has 1 aliphatic heterocycles. The van der Waals surface area contributed by atoms with Crippen LogP contribution in [0.4, 0.5) is 0 Å². The molecule has 1 saturated heterocycles. The quantitative estimate of drug-likeness (QED) is 0.487. The molecule has 1 atom stereocenters. The first-order valence-corrected chi connectivity index (χ1v) is 3.37. The van der Waals surface area contributed by atoms with Crippen LogP contribution in [0.15, 0.2) is 0 Å². The maximum atomic E-state index is 10.8. The second-order valence-corrected chi connectivity index (χ2v) is 2.81. The lowest BCUT2D eigenvalue weighted by Crippen LogP contribution is -2.59. The zero-order valence-corrected chi connectivity index (χ0v) is 6.13. The highest BCUT2D eigenvalue weighted by molar-refractivity contribution is 5.84. The van der Waals surface area contributed by atoms with Crippen LogP contribution in [0.2, 0.25) is 0 Å². The van der Waals surface area contributed by atoms with Crippen molar-refractivity contribution in [2.45, 2.75) is 18.5 Å². The van der Waals surface area contributed by atoms with Gasteiger partial charge in [-0.15, -0.1) is 0 Å². The average molecular weight is 143 g/mol. The molecule has 0 aliphatic carbocycles. The lowest BCUT2D eigenvalue weighted by molar-refractivity contribution is -0.127.